The summed E-state index contributed by atoms with van der Waals surface area (Å²) >= 11 is 0. The lowest BCUT2D eigenvalue weighted by molar-refractivity contribution is -0.688. The maximum absolute atomic E-state index is 9.34. The normalized spacial score (nSPS) is 10.8. The van der Waals surface area contributed by atoms with Crippen molar-refractivity contribution in [2.24, 2.45) is 0 Å². The van der Waals surface area contributed by atoms with E-state index in [1.807, 2.05) is 30.6 Å². The molecule has 30 heavy (non-hydrogen) atoms. The molecule has 0 radical (unpaired) electrons. The van der Waals surface area contributed by atoms with E-state index in [-0.39, 0.29) is 0 Å². The van der Waals surface area contributed by atoms with E-state index in [1.165, 1.54) is 16.7 Å². The summed E-state index contributed by atoms with van der Waals surface area (Å²) in [6.07, 6.45) is 8.32. The fraction of sp³-hybridized carbons (Fsp3) is 0.120. The summed E-state index contributed by atoms with van der Waals surface area (Å²) in [5.41, 5.74) is 6.44. The fourth-order valence-corrected chi connectivity index (χ4v) is 3.59. The first-order valence-electron chi connectivity index (χ1n) is 10.1. The van der Waals surface area contributed by atoms with Crippen LogP contribution < -0.4 is 14.6 Å². The van der Waals surface area contributed by atoms with E-state index in [0.717, 1.165) is 17.7 Å². The van der Waals surface area contributed by atoms with Gasteiger partial charge in [-0.05, 0) is 29.6 Å². The fourth-order valence-electron chi connectivity index (χ4n) is 3.59. The zero-order valence-corrected chi connectivity index (χ0v) is 17.0. The van der Waals surface area contributed by atoms with Crippen molar-refractivity contribution < 1.29 is 19.2 Å². The minimum atomic E-state index is -1.44. The first-order chi connectivity index (χ1) is 14.6. The molecule has 0 aliphatic rings. The summed E-state index contributed by atoms with van der Waals surface area (Å²) in [5, 5.41) is 18.7. The molecule has 2 aromatic carbocycles. The highest BCUT2D eigenvalue weighted by Crippen LogP contribution is 2.16. The van der Waals surface area contributed by atoms with Crippen molar-refractivity contribution in [2.45, 2.75) is 20.0 Å². The van der Waals surface area contributed by atoms with Crippen LogP contribution >= 0.6 is 0 Å². The zero-order valence-electron chi connectivity index (χ0n) is 17.0. The summed E-state index contributed by atoms with van der Waals surface area (Å²) in [4.78, 5) is 0. The molecule has 0 aliphatic heterocycles. The van der Waals surface area contributed by atoms with Gasteiger partial charge in [-0.15, -0.1) is 0 Å². The van der Waals surface area contributed by atoms with Crippen LogP contribution in [0, 0.1) is 6.92 Å². The van der Waals surface area contributed by atoms with Crippen LogP contribution in [0.2, 0.25) is 0 Å². The Hall–Kier alpha value is -3.28. The van der Waals surface area contributed by atoms with Crippen molar-refractivity contribution in [2.75, 3.05) is 0 Å². The third-order valence-electron chi connectivity index (χ3n) is 5.18. The number of benzene rings is 2. The van der Waals surface area contributed by atoms with Gasteiger partial charge in [0.25, 0.3) is 0 Å². The molecule has 0 amide bonds. The molecule has 0 atom stereocenters. The van der Waals surface area contributed by atoms with Crippen molar-refractivity contribution in [3.8, 4) is 11.1 Å². The molecule has 2 N–H and O–H groups in total. The Morgan fingerprint density at radius 3 is 1.67 bits per heavy atom. The Labute approximate surface area is 177 Å². The smallest absolute Gasteiger partial charge is 0.423 e. The molecule has 5 heteroatoms. The molecule has 0 fully saturated rings. The predicted molar refractivity (Wildman–Crippen MR) is 118 cm³/mol. The van der Waals surface area contributed by atoms with Crippen LogP contribution in [0.3, 0.4) is 0 Å². The minimum Gasteiger partial charge on any atom is -0.423 e. The van der Waals surface area contributed by atoms with Gasteiger partial charge in [0.2, 0.25) is 0 Å². The van der Waals surface area contributed by atoms with Gasteiger partial charge in [-0.3, -0.25) is 0 Å². The van der Waals surface area contributed by atoms with Gasteiger partial charge in [0.05, 0.1) is 0 Å². The van der Waals surface area contributed by atoms with E-state index >= 15 is 0 Å². The Kier molecular flexibility index (Phi) is 6.03. The van der Waals surface area contributed by atoms with E-state index in [4.69, 9.17) is 0 Å². The minimum absolute atomic E-state index is 0.507. The summed E-state index contributed by atoms with van der Waals surface area (Å²) < 4.78 is 4.26. The molecule has 0 spiro atoms. The van der Waals surface area contributed by atoms with Gasteiger partial charge in [0.1, 0.15) is 0 Å². The van der Waals surface area contributed by atoms with Crippen LogP contribution in [-0.4, -0.2) is 17.2 Å². The molecule has 0 bridgehead atoms. The van der Waals surface area contributed by atoms with Crippen molar-refractivity contribution in [3.05, 3.63) is 114 Å². The van der Waals surface area contributed by atoms with Gasteiger partial charge in [-0.25, -0.2) is 9.13 Å². The number of pyridine rings is 2. The Morgan fingerprint density at radius 1 is 0.667 bits per heavy atom. The molecule has 2 aromatic heterocycles. The zero-order chi connectivity index (χ0) is 20.9. The standard InChI is InChI=1S/C25H25BN2O2/c1-20-4-2-5-21(16-20)18-27-12-8-23(9-13-27)24-10-14-28(15-11-24)19-22-6-3-7-25(17-22)26(29)30/h2-17,29-30H,18-19H2,1H3/q+2. The van der Waals surface area contributed by atoms with Crippen molar-refractivity contribution in [1.82, 2.24) is 0 Å². The SMILES string of the molecule is Cc1cccc(C[n+]2ccc(-c3cc[n+](Cc4cccc(B(O)O)c4)cc3)cc2)c1. The molecule has 4 nitrogen and oxygen atoms in total. The van der Waals surface area contributed by atoms with Crippen LogP contribution in [0.15, 0.2) is 97.6 Å². The lowest BCUT2D eigenvalue weighted by Crippen LogP contribution is -2.35. The maximum Gasteiger partial charge on any atom is 0.488 e. The highest BCUT2D eigenvalue weighted by atomic mass is 16.4. The number of aryl methyl sites for hydroxylation is 1. The molecule has 0 saturated heterocycles. The molecular weight excluding hydrogens is 371 g/mol. The Bertz CT molecular complexity index is 1130. The molecule has 4 aromatic rings. The van der Waals surface area contributed by atoms with Crippen molar-refractivity contribution in [3.63, 3.8) is 0 Å². The molecule has 0 aliphatic carbocycles. The number of hydrogen-bond donors (Lipinski definition) is 2. The average Bonchev–Trinajstić information content (AvgIpc) is 2.75. The Balaban J connectivity index is 1.44. The number of rotatable bonds is 6. The second kappa shape index (κ2) is 9.03. The molecule has 2 heterocycles. The highest BCUT2D eigenvalue weighted by Gasteiger charge is 2.12. The van der Waals surface area contributed by atoms with Gasteiger partial charge < -0.3 is 10.0 Å². The lowest BCUT2D eigenvalue weighted by atomic mass is 9.79. The molecule has 4 rings (SSSR count). The predicted octanol–water partition coefficient (Wildman–Crippen LogP) is 2.01. The van der Waals surface area contributed by atoms with Crippen LogP contribution in [0.5, 0.6) is 0 Å². The average molecular weight is 396 g/mol. The second-order valence-corrected chi connectivity index (χ2v) is 7.63. The van der Waals surface area contributed by atoms with E-state index in [2.05, 4.69) is 77.0 Å². The maximum atomic E-state index is 9.34. The summed E-state index contributed by atoms with van der Waals surface area (Å²) in [5.74, 6) is 0. The summed E-state index contributed by atoms with van der Waals surface area (Å²) in [6.45, 7) is 3.65. The van der Waals surface area contributed by atoms with Crippen molar-refractivity contribution >= 4 is 12.6 Å². The van der Waals surface area contributed by atoms with E-state index in [9.17, 15) is 10.0 Å². The first-order valence-corrected chi connectivity index (χ1v) is 10.1. The molecule has 0 unspecified atom stereocenters. The van der Waals surface area contributed by atoms with Gasteiger partial charge in [-0.1, -0.05) is 48.0 Å². The van der Waals surface area contributed by atoms with Crippen molar-refractivity contribution in [1.29, 1.82) is 0 Å². The van der Waals surface area contributed by atoms with E-state index in [1.54, 1.807) is 6.07 Å². The molecule has 0 saturated carbocycles. The van der Waals surface area contributed by atoms with Crippen LogP contribution in [-0.2, 0) is 13.1 Å². The van der Waals surface area contributed by atoms with Gasteiger partial charge >= 0.3 is 7.12 Å². The van der Waals surface area contributed by atoms with Gasteiger partial charge in [0.15, 0.2) is 37.9 Å². The van der Waals surface area contributed by atoms with Crippen LogP contribution in [0.4, 0.5) is 0 Å². The van der Waals surface area contributed by atoms with Crippen LogP contribution in [0.25, 0.3) is 11.1 Å². The largest absolute Gasteiger partial charge is 0.488 e. The first kappa shape index (κ1) is 20.0. The third kappa shape index (κ3) is 5.01. The number of hydrogen-bond acceptors (Lipinski definition) is 2. The van der Waals surface area contributed by atoms with E-state index in [0.29, 0.717) is 12.0 Å². The van der Waals surface area contributed by atoms with Gasteiger partial charge in [-0.2, -0.15) is 0 Å². The summed E-state index contributed by atoms with van der Waals surface area (Å²) in [7, 11) is -1.44. The molecule has 148 valence electrons. The highest BCUT2D eigenvalue weighted by molar-refractivity contribution is 6.58. The third-order valence-corrected chi connectivity index (χ3v) is 5.18. The number of nitrogens with zero attached hydrogens (tertiary/aromatic N) is 2. The summed E-state index contributed by atoms with van der Waals surface area (Å²) in [6, 6.07) is 24.4. The van der Waals surface area contributed by atoms with Crippen LogP contribution in [0.1, 0.15) is 16.7 Å². The van der Waals surface area contributed by atoms with E-state index < -0.39 is 7.12 Å². The number of aromatic nitrogens is 2. The van der Waals surface area contributed by atoms with Gasteiger partial charge in [0, 0.05) is 35.4 Å². The Morgan fingerprint density at radius 2 is 1.17 bits per heavy atom. The second-order valence-electron chi connectivity index (χ2n) is 7.63. The lowest BCUT2D eigenvalue weighted by Gasteiger charge is -2.04. The molecular formula is C25H25BN2O2+2. The monoisotopic (exact) mass is 396 g/mol. The quantitative estimate of drug-likeness (QED) is 0.387. The topological polar surface area (TPSA) is 48.2 Å².